The Hall–Kier alpha value is -4.16. The van der Waals surface area contributed by atoms with E-state index in [1.54, 1.807) is 0 Å². The van der Waals surface area contributed by atoms with Crippen LogP contribution in [0.25, 0.3) is 49.1 Å². The molecule has 2 aromatic heterocycles. The van der Waals surface area contributed by atoms with E-state index in [-0.39, 0.29) is 0 Å². The Morgan fingerprint density at radius 3 is 2.19 bits per heavy atom. The van der Waals surface area contributed by atoms with E-state index in [0.717, 1.165) is 16.4 Å². The van der Waals surface area contributed by atoms with Gasteiger partial charge in [-0.1, -0.05) is 54.6 Å². The number of nitriles is 1. The highest BCUT2D eigenvalue weighted by Crippen LogP contribution is 2.40. The number of hydrogen-bond donors (Lipinski definition) is 0. The number of fused-ring (bicyclic) bond motifs is 7. The fourth-order valence-corrected chi connectivity index (χ4v) is 4.82. The second kappa shape index (κ2) is 6.42. The molecule has 3 nitrogen and oxygen atoms in total. The molecule has 31 heavy (non-hydrogen) atoms. The van der Waals surface area contributed by atoms with Crippen molar-refractivity contribution in [3.8, 4) is 17.2 Å². The highest BCUT2D eigenvalue weighted by atomic mass is 15.2. The molecular weight excluding hydrogens is 378 g/mol. The third-order valence-corrected chi connectivity index (χ3v) is 6.29. The van der Waals surface area contributed by atoms with E-state index in [4.69, 9.17) is 0 Å². The first-order chi connectivity index (χ1) is 15.2. The Bertz CT molecular complexity index is 1710. The van der Waals surface area contributed by atoms with Gasteiger partial charge in [0.1, 0.15) is 6.07 Å². The third kappa shape index (κ3) is 2.49. The van der Waals surface area contributed by atoms with E-state index >= 15 is 0 Å². The van der Waals surface area contributed by atoms with Crippen LogP contribution in [0, 0.1) is 25.2 Å². The van der Waals surface area contributed by atoms with Crippen LogP contribution in [0.15, 0.2) is 78.9 Å². The average molecular weight is 397 g/mol. The molecule has 0 radical (unpaired) electrons. The quantitative estimate of drug-likeness (QED) is 0.222. The largest absolute Gasteiger partial charge is 0.231 e. The molecule has 0 spiro atoms. The second-order valence-corrected chi connectivity index (χ2v) is 8.15. The van der Waals surface area contributed by atoms with Gasteiger partial charge in [0.05, 0.1) is 11.0 Å². The molecule has 0 aliphatic carbocycles. The monoisotopic (exact) mass is 397 g/mol. The van der Waals surface area contributed by atoms with Crippen molar-refractivity contribution < 1.29 is 0 Å². The van der Waals surface area contributed by atoms with Gasteiger partial charge in [0.25, 0.3) is 0 Å². The number of pyridine rings is 1. The lowest BCUT2D eigenvalue weighted by atomic mass is 9.89. The minimum atomic E-state index is 0.431. The summed E-state index contributed by atoms with van der Waals surface area (Å²) in [5.41, 5.74) is 7.33. The van der Waals surface area contributed by atoms with Crippen LogP contribution in [0.2, 0.25) is 0 Å². The molecule has 0 unspecified atom stereocenters. The van der Waals surface area contributed by atoms with Crippen molar-refractivity contribution in [1.29, 1.82) is 5.26 Å². The van der Waals surface area contributed by atoms with Crippen LogP contribution < -0.4 is 0 Å². The molecule has 0 saturated heterocycles. The Morgan fingerprint density at radius 2 is 1.45 bits per heavy atom. The average Bonchev–Trinajstić information content (AvgIpc) is 3.23. The van der Waals surface area contributed by atoms with E-state index in [1.807, 2.05) is 10.6 Å². The molecule has 0 amide bonds. The van der Waals surface area contributed by atoms with Crippen molar-refractivity contribution in [3.05, 3.63) is 95.7 Å². The van der Waals surface area contributed by atoms with Crippen molar-refractivity contribution in [1.82, 2.24) is 9.61 Å². The number of aromatic nitrogens is 2. The van der Waals surface area contributed by atoms with E-state index in [9.17, 15) is 5.26 Å². The predicted molar refractivity (Wildman–Crippen MR) is 127 cm³/mol. The van der Waals surface area contributed by atoms with Gasteiger partial charge in [0.15, 0.2) is 5.69 Å². The van der Waals surface area contributed by atoms with Crippen LogP contribution in [-0.2, 0) is 0 Å². The molecule has 0 atom stereocenters. The highest BCUT2D eigenvalue weighted by molar-refractivity contribution is 6.21. The van der Waals surface area contributed by atoms with Crippen molar-refractivity contribution >= 4 is 38.0 Å². The molecular formula is C28H19N3. The lowest BCUT2D eigenvalue weighted by molar-refractivity contribution is 0.994. The normalized spacial score (nSPS) is 11.5. The van der Waals surface area contributed by atoms with Crippen molar-refractivity contribution in [2.75, 3.05) is 0 Å². The summed E-state index contributed by atoms with van der Waals surface area (Å²) < 4.78 is 1.94. The molecule has 6 aromatic rings. The Balaban J connectivity index is 1.95. The summed E-state index contributed by atoms with van der Waals surface area (Å²) in [6, 6.07) is 29.9. The molecule has 4 aromatic carbocycles. The van der Waals surface area contributed by atoms with Crippen LogP contribution in [0.1, 0.15) is 16.8 Å². The van der Waals surface area contributed by atoms with Gasteiger partial charge in [-0.3, -0.25) is 0 Å². The zero-order chi connectivity index (χ0) is 21.1. The fraction of sp³-hybridized carbons (Fsp3) is 0.0714. The summed E-state index contributed by atoms with van der Waals surface area (Å²) >= 11 is 0. The molecule has 0 N–H and O–H groups in total. The summed E-state index contributed by atoms with van der Waals surface area (Å²) in [5, 5.41) is 20.0. The molecule has 6 rings (SSSR count). The fourth-order valence-electron chi connectivity index (χ4n) is 4.82. The highest BCUT2D eigenvalue weighted by Gasteiger charge is 2.18. The van der Waals surface area contributed by atoms with Gasteiger partial charge in [-0.2, -0.15) is 10.4 Å². The maximum Gasteiger partial charge on any atom is 0.163 e. The maximum absolute atomic E-state index is 9.54. The van der Waals surface area contributed by atoms with Crippen molar-refractivity contribution in [2.45, 2.75) is 13.8 Å². The van der Waals surface area contributed by atoms with Crippen molar-refractivity contribution in [3.63, 3.8) is 0 Å². The summed E-state index contributed by atoms with van der Waals surface area (Å²) in [7, 11) is 0. The van der Waals surface area contributed by atoms with Gasteiger partial charge in [-0.15, -0.1) is 0 Å². The minimum Gasteiger partial charge on any atom is -0.231 e. The van der Waals surface area contributed by atoms with Crippen molar-refractivity contribution in [2.24, 2.45) is 0 Å². The first-order valence-electron chi connectivity index (χ1n) is 10.4. The summed E-state index contributed by atoms with van der Waals surface area (Å²) in [4.78, 5) is 0. The number of rotatable bonds is 1. The topological polar surface area (TPSA) is 41.1 Å². The maximum atomic E-state index is 9.54. The summed E-state index contributed by atoms with van der Waals surface area (Å²) in [6.07, 6.45) is 0. The van der Waals surface area contributed by atoms with Crippen LogP contribution in [0.4, 0.5) is 0 Å². The zero-order valence-electron chi connectivity index (χ0n) is 17.3. The van der Waals surface area contributed by atoms with Gasteiger partial charge in [0.2, 0.25) is 0 Å². The van der Waals surface area contributed by atoms with E-state index in [0.29, 0.717) is 5.69 Å². The predicted octanol–water partition coefficient (Wildman–Crippen LogP) is 6.95. The summed E-state index contributed by atoms with van der Waals surface area (Å²) in [6.45, 7) is 4.33. The van der Waals surface area contributed by atoms with Gasteiger partial charge in [-0.05, 0) is 70.5 Å². The lowest BCUT2D eigenvalue weighted by Crippen LogP contribution is -1.97. The standard InChI is InChI=1S/C28H19N3/c1-17-7-3-6-10-22(17)27-18(2)11-12-25-28(27)24-14-20-9-5-4-8-19(20)13-23(24)26-15-21(16-29)30-31(25)26/h3-15H,1-2H3. The van der Waals surface area contributed by atoms with E-state index in [1.165, 1.54) is 43.8 Å². The van der Waals surface area contributed by atoms with E-state index < -0.39 is 0 Å². The molecule has 0 saturated carbocycles. The smallest absolute Gasteiger partial charge is 0.163 e. The zero-order valence-corrected chi connectivity index (χ0v) is 17.3. The lowest BCUT2D eigenvalue weighted by Gasteiger charge is -2.17. The molecule has 0 bridgehead atoms. The van der Waals surface area contributed by atoms with Gasteiger partial charge < -0.3 is 0 Å². The number of benzene rings is 4. The van der Waals surface area contributed by atoms with Crippen LogP contribution in [0.5, 0.6) is 0 Å². The molecule has 0 aliphatic rings. The minimum absolute atomic E-state index is 0.431. The Labute approximate surface area is 179 Å². The number of nitrogens with zero attached hydrogens (tertiary/aromatic N) is 3. The molecule has 146 valence electrons. The van der Waals surface area contributed by atoms with E-state index in [2.05, 4.69) is 97.8 Å². The Kier molecular flexibility index (Phi) is 3.66. The first kappa shape index (κ1) is 17.7. The van der Waals surface area contributed by atoms with Gasteiger partial charge in [-0.25, -0.2) is 4.52 Å². The molecule has 2 heterocycles. The Morgan fingerprint density at radius 1 is 0.742 bits per heavy atom. The SMILES string of the molecule is Cc1ccccc1-c1c(C)ccc2c1c1cc3ccccc3cc1c1cc(C#N)nn12. The third-order valence-electron chi connectivity index (χ3n) is 6.29. The second-order valence-electron chi connectivity index (χ2n) is 8.15. The van der Waals surface area contributed by atoms with Crippen LogP contribution >= 0.6 is 0 Å². The molecule has 0 aliphatic heterocycles. The van der Waals surface area contributed by atoms with Gasteiger partial charge >= 0.3 is 0 Å². The number of hydrogen-bond acceptors (Lipinski definition) is 2. The number of aryl methyl sites for hydroxylation is 2. The molecule has 0 fully saturated rings. The summed E-state index contributed by atoms with van der Waals surface area (Å²) in [5.74, 6) is 0. The van der Waals surface area contributed by atoms with Crippen LogP contribution in [0.3, 0.4) is 0 Å². The first-order valence-corrected chi connectivity index (χ1v) is 10.4. The van der Waals surface area contributed by atoms with Gasteiger partial charge in [0, 0.05) is 16.8 Å². The van der Waals surface area contributed by atoms with Crippen LogP contribution in [-0.4, -0.2) is 9.61 Å². The molecule has 3 heteroatoms.